The maximum absolute atomic E-state index is 4.63. The van der Waals surface area contributed by atoms with E-state index in [1.54, 1.807) is 34.9 Å². The van der Waals surface area contributed by atoms with Crippen molar-refractivity contribution in [1.82, 2.24) is 4.98 Å². The van der Waals surface area contributed by atoms with Crippen LogP contribution in [0.2, 0.25) is 0 Å². The van der Waals surface area contributed by atoms with Crippen LogP contribution in [0.1, 0.15) is 0 Å². The van der Waals surface area contributed by atoms with Crippen LogP contribution in [0.5, 0.6) is 0 Å². The Morgan fingerprint density at radius 2 is 1.80 bits per heavy atom. The fourth-order valence-electron chi connectivity index (χ4n) is 1.25. The van der Waals surface area contributed by atoms with E-state index in [0.29, 0.717) is 0 Å². The summed E-state index contributed by atoms with van der Waals surface area (Å²) in [6.45, 7) is 0. The molecule has 15 heavy (non-hydrogen) atoms. The van der Waals surface area contributed by atoms with E-state index in [4.69, 9.17) is 0 Å². The highest BCUT2D eigenvalue weighted by atomic mass is 32.2. The van der Waals surface area contributed by atoms with Crippen molar-refractivity contribution < 1.29 is 0 Å². The van der Waals surface area contributed by atoms with Crippen molar-refractivity contribution in [3.8, 4) is 10.6 Å². The lowest BCUT2D eigenvalue weighted by molar-refractivity contribution is 1.14. The molecule has 0 aliphatic heterocycles. The van der Waals surface area contributed by atoms with Gasteiger partial charge in [-0.1, -0.05) is 30.3 Å². The predicted molar refractivity (Wildman–Crippen MR) is 71.1 cm³/mol. The maximum Gasteiger partial charge on any atom is 0.125 e. The zero-order valence-corrected chi connectivity index (χ0v) is 11.0. The third-order valence-corrected chi connectivity index (χ3v) is 5.12. The van der Waals surface area contributed by atoms with Gasteiger partial charge in [-0.25, -0.2) is 4.98 Å². The SMILES string of the molecule is CSc1nc(-c2ccccc2)sc1SC. The third-order valence-electron chi connectivity index (χ3n) is 1.97. The quantitative estimate of drug-likeness (QED) is 0.759. The Morgan fingerprint density at radius 1 is 1.07 bits per heavy atom. The molecule has 0 unspecified atom stereocenters. The van der Waals surface area contributed by atoms with E-state index in [9.17, 15) is 0 Å². The summed E-state index contributed by atoms with van der Waals surface area (Å²) in [7, 11) is 0. The van der Waals surface area contributed by atoms with Gasteiger partial charge in [-0.3, -0.25) is 0 Å². The summed E-state index contributed by atoms with van der Waals surface area (Å²) >= 11 is 5.25. The molecule has 1 aromatic carbocycles. The first-order chi connectivity index (χ1) is 7.35. The highest BCUT2D eigenvalue weighted by Crippen LogP contribution is 2.37. The Kier molecular flexibility index (Phi) is 3.72. The summed E-state index contributed by atoms with van der Waals surface area (Å²) in [6.07, 6.45) is 4.17. The van der Waals surface area contributed by atoms with Crippen LogP contribution < -0.4 is 0 Å². The van der Waals surface area contributed by atoms with Crippen molar-refractivity contribution in [3.05, 3.63) is 30.3 Å². The molecule has 2 aromatic rings. The fraction of sp³-hybridized carbons (Fsp3) is 0.182. The van der Waals surface area contributed by atoms with Crippen LogP contribution in [-0.4, -0.2) is 17.5 Å². The van der Waals surface area contributed by atoms with Crippen molar-refractivity contribution in [2.75, 3.05) is 12.5 Å². The van der Waals surface area contributed by atoms with Gasteiger partial charge in [0, 0.05) is 5.56 Å². The summed E-state index contributed by atoms with van der Waals surface area (Å²) < 4.78 is 1.31. The first-order valence-corrected chi connectivity index (χ1v) is 7.76. The smallest absolute Gasteiger partial charge is 0.125 e. The van der Waals surface area contributed by atoms with Gasteiger partial charge < -0.3 is 0 Å². The molecular formula is C11H11NS3. The summed E-state index contributed by atoms with van der Waals surface area (Å²) in [6, 6.07) is 10.3. The largest absolute Gasteiger partial charge is 0.229 e. The zero-order chi connectivity index (χ0) is 10.7. The van der Waals surface area contributed by atoms with Gasteiger partial charge in [0.1, 0.15) is 10.0 Å². The fourth-order valence-corrected chi connectivity index (χ4v) is 4.03. The molecule has 0 atom stereocenters. The van der Waals surface area contributed by atoms with Crippen LogP contribution in [0, 0.1) is 0 Å². The molecule has 0 fully saturated rings. The molecule has 1 heterocycles. The number of hydrogen-bond acceptors (Lipinski definition) is 4. The lowest BCUT2D eigenvalue weighted by Crippen LogP contribution is -1.75. The Labute approximate surface area is 102 Å². The van der Waals surface area contributed by atoms with Crippen molar-refractivity contribution >= 4 is 34.9 Å². The van der Waals surface area contributed by atoms with Crippen LogP contribution in [0.3, 0.4) is 0 Å². The van der Waals surface area contributed by atoms with E-state index < -0.39 is 0 Å². The van der Waals surface area contributed by atoms with Crippen LogP contribution in [0.4, 0.5) is 0 Å². The third kappa shape index (κ3) is 2.38. The van der Waals surface area contributed by atoms with Gasteiger partial charge in [-0.15, -0.1) is 34.9 Å². The lowest BCUT2D eigenvalue weighted by atomic mass is 10.2. The second-order valence-electron chi connectivity index (χ2n) is 2.89. The van der Waals surface area contributed by atoms with Crippen LogP contribution in [0.25, 0.3) is 10.6 Å². The number of rotatable bonds is 3. The molecule has 0 aliphatic rings. The molecule has 0 spiro atoms. The van der Waals surface area contributed by atoms with Gasteiger partial charge >= 0.3 is 0 Å². The van der Waals surface area contributed by atoms with E-state index in [2.05, 4.69) is 29.6 Å². The average molecular weight is 253 g/mol. The summed E-state index contributed by atoms with van der Waals surface area (Å²) in [5, 5.41) is 2.26. The van der Waals surface area contributed by atoms with Gasteiger partial charge in [0.05, 0.1) is 4.21 Å². The number of benzene rings is 1. The molecule has 0 saturated carbocycles. The number of thioether (sulfide) groups is 2. The predicted octanol–water partition coefficient (Wildman–Crippen LogP) is 4.25. The summed E-state index contributed by atoms with van der Waals surface area (Å²) in [5.74, 6) is 0. The molecule has 1 aromatic heterocycles. The van der Waals surface area contributed by atoms with Crippen molar-refractivity contribution in [3.63, 3.8) is 0 Å². The standard InChI is InChI=1S/C11H11NS3/c1-13-10-11(14-2)15-9(12-10)8-6-4-3-5-7-8/h3-7H,1-2H3. The normalized spacial score (nSPS) is 10.5. The van der Waals surface area contributed by atoms with Gasteiger partial charge in [-0.2, -0.15) is 0 Å². The highest BCUT2D eigenvalue weighted by molar-refractivity contribution is 8.03. The number of thiazole rings is 1. The first kappa shape index (κ1) is 11.0. The Balaban J connectivity index is 2.42. The second-order valence-corrected chi connectivity index (χ2v) is 5.75. The number of nitrogens with zero attached hydrogens (tertiary/aromatic N) is 1. The van der Waals surface area contributed by atoms with E-state index in [-0.39, 0.29) is 0 Å². The molecule has 0 radical (unpaired) electrons. The van der Waals surface area contributed by atoms with E-state index in [1.807, 2.05) is 18.2 Å². The molecule has 0 bridgehead atoms. The molecular weight excluding hydrogens is 242 g/mol. The topological polar surface area (TPSA) is 12.9 Å². The Bertz CT molecular complexity index is 415. The molecule has 0 saturated heterocycles. The van der Waals surface area contributed by atoms with Crippen LogP contribution in [0.15, 0.2) is 39.6 Å². The lowest BCUT2D eigenvalue weighted by Gasteiger charge is -1.92. The molecule has 0 aliphatic carbocycles. The second kappa shape index (κ2) is 5.05. The molecule has 78 valence electrons. The van der Waals surface area contributed by atoms with Gasteiger partial charge in [0.25, 0.3) is 0 Å². The van der Waals surface area contributed by atoms with Crippen LogP contribution in [-0.2, 0) is 0 Å². The first-order valence-electron chi connectivity index (χ1n) is 4.49. The molecule has 0 amide bonds. The minimum absolute atomic E-state index is 1.12. The summed E-state index contributed by atoms with van der Waals surface area (Å²) in [5.41, 5.74) is 1.21. The summed E-state index contributed by atoms with van der Waals surface area (Å²) in [4.78, 5) is 4.63. The minimum Gasteiger partial charge on any atom is -0.229 e. The highest BCUT2D eigenvalue weighted by Gasteiger charge is 2.10. The maximum atomic E-state index is 4.63. The number of aromatic nitrogens is 1. The monoisotopic (exact) mass is 253 g/mol. The van der Waals surface area contributed by atoms with E-state index in [0.717, 1.165) is 10.0 Å². The van der Waals surface area contributed by atoms with Gasteiger partial charge in [0.15, 0.2) is 0 Å². The average Bonchev–Trinajstić information content (AvgIpc) is 2.73. The van der Waals surface area contributed by atoms with Crippen molar-refractivity contribution in [1.29, 1.82) is 0 Å². The molecule has 1 nitrogen and oxygen atoms in total. The van der Waals surface area contributed by atoms with Crippen molar-refractivity contribution in [2.45, 2.75) is 9.24 Å². The minimum atomic E-state index is 1.12. The Hall–Kier alpha value is -0.450. The van der Waals surface area contributed by atoms with E-state index in [1.165, 1.54) is 9.77 Å². The molecule has 2 rings (SSSR count). The zero-order valence-electron chi connectivity index (χ0n) is 8.56. The Morgan fingerprint density at radius 3 is 2.33 bits per heavy atom. The van der Waals surface area contributed by atoms with E-state index >= 15 is 0 Å². The van der Waals surface area contributed by atoms with Crippen LogP contribution >= 0.6 is 34.9 Å². The van der Waals surface area contributed by atoms with Gasteiger partial charge in [0.2, 0.25) is 0 Å². The van der Waals surface area contributed by atoms with Gasteiger partial charge in [-0.05, 0) is 12.5 Å². The molecule has 4 heteroatoms. The van der Waals surface area contributed by atoms with Crippen molar-refractivity contribution in [2.24, 2.45) is 0 Å². The number of hydrogen-bond donors (Lipinski definition) is 0. The molecule has 0 N–H and O–H groups in total.